The van der Waals surface area contributed by atoms with Crippen molar-refractivity contribution >= 4 is 40.2 Å². The third-order valence-corrected chi connectivity index (χ3v) is 7.61. The highest BCUT2D eigenvalue weighted by Crippen LogP contribution is 2.44. The summed E-state index contributed by atoms with van der Waals surface area (Å²) in [5, 5.41) is 15.8. The molecule has 2 aromatic heterocycles. The number of fused-ring (bicyclic) bond motifs is 1. The Morgan fingerprint density at radius 1 is 0.787 bits per heavy atom. The molecule has 6 rings (SSSR count). The summed E-state index contributed by atoms with van der Waals surface area (Å²) in [5.74, 6) is 3.94. The second-order valence-corrected chi connectivity index (χ2v) is 9.96. The number of H-pyrrole nitrogens is 1. The van der Waals surface area contributed by atoms with E-state index >= 15 is 0 Å². The molecular weight excluding hydrogens is 614 g/mol. The van der Waals surface area contributed by atoms with Crippen LogP contribution in [0.4, 0.5) is 17.3 Å². The molecule has 1 unspecified atom stereocenters. The van der Waals surface area contributed by atoms with Gasteiger partial charge in [-0.2, -0.15) is 5.10 Å². The van der Waals surface area contributed by atoms with Crippen molar-refractivity contribution in [3.63, 3.8) is 0 Å². The molecule has 0 radical (unpaired) electrons. The quantitative estimate of drug-likeness (QED) is 0.140. The number of benzene rings is 2. The van der Waals surface area contributed by atoms with Crippen LogP contribution in [0.2, 0.25) is 0 Å². The summed E-state index contributed by atoms with van der Waals surface area (Å²) in [5.41, 5.74) is 3.55. The molecule has 1 saturated carbocycles. The third kappa shape index (κ3) is 11.0. The molecule has 264 valence electrons. The van der Waals surface area contributed by atoms with Gasteiger partial charge in [-0.05, 0) is 61.4 Å². The summed E-state index contributed by atoms with van der Waals surface area (Å²) < 4.78 is 31.8. The average molecular weight is 674 g/mol. The molecular formula is C36H59N5O5S. The molecule has 2 fully saturated rings. The van der Waals surface area contributed by atoms with Gasteiger partial charge in [-0.3, -0.25) is 5.10 Å². The van der Waals surface area contributed by atoms with Gasteiger partial charge in [-0.25, -0.2) is 0 Å². The van der Waals surface area contributed by atoms with Crippen molar-refractivity contribution in [3.8, 4) is 17.2 Å². The summed E-state index contributed by atoms with van der Waals surface area (Å²) in [6.07, 6.45) is 4.52. The maximum atomic E-state index is 5.85. The number of ether oxygens (including phenoxy) is 4. The molecule has 3 heterocycles. The van der Waals surface area contributed by atoms with Gasteiger partial charge < -0.3 is 33.5 Å². The van der Waals surface area contributed by atoms with E-state index in [0.717, 1.165) is 52.5 Å². The molecule has 2 aromatic carbocycles. The van der Waals surface area contributed by atoms with Crippen LogP contribution in [0, 0.1) is 0 Å². The summed E-state index contributed by atoms with van der Waals surface area (Å²) in [7, 11) is 4.93. The SMILES string of the molecule is CC.CC.CC.CC.CC.COc1cc2c(NSc3c(OC)cc(C4CCCO4)cc3OC)noc2cc1Nc1cc(C2CC2)[nH]n1. The number of hydrogen-bond donors (Lipinski definition) is 3. The van der Waals surface area contributed by atoms with Crippen molar-refractivity contribution in [3.05, 3.63) is 41.6 Å². The Kier molecular flexibility index (Phi) is 20.2. The third-order valence-electron chi connectivity index (χ3n) is 6.70. The first-order valence-electron chi connectivity index (χ1n) is 17.3. The van der Waals surface area contributed by atoms with E-state index in [1.807, 2.05) is 99.6 Å². The fourth-order valence-electron chi connectivity index (χ4n) is 4.57. The number of aromatic amines is 1. The minimum absolute atomic E-state index is 0.0614. The molecule has 47 heavy (non-hydrogen) atoms. The smallest absolute Gasteiger partial charge is 0.187 e. The number of aromatic nitrogens is 3. The fourth-order valence-corrected chi connectivity index (χ4v) is 5.41. The maximum Gasteiger partial charge on any atom is 0.187 e. The van der Waals surface area contributed by atoms with Crippen LogP contribution in [-0.4, -0.2) is 43.3 Å². The van der Waals surface area contributed by atoms with Crippen molar-refractivity contribution < 1.29 is 23.5 Å². The normalized spacial score (nSPS) is 14.2. The van der Waals surface area contributed by atoms with Gasteiger partial charge in [0.15, 0.2) is 17.2 Å². The molecule has 0 amide bonds. The molecule has 10 nitrogen and oxygen atoms in total. The van der Waals surface area contributed by atoms with Crippen LogP contribution in [0.1, 0.15) is 118 Å². The van der Waals surface area contributed by atoms with Crippen molar-refractivity contribution in [2.24, 2.45) is 0 Å². The predicted molar refractivity (Wildman–Crippen MR) is 198 cm³/mol. The summed E-state index contributed by atoms with van der Waals surface area (Å²) in [6.45, 7) is 20.8. The summed E-state index contributed by atoms with van der Waals surface area (Å²) in [6, 6.07) is 9.80. The average Bonchev–Trinajstić information content (AvgIpc) is 3.48. The molecule has 11 heteroatoms. The van der Waals surface area contributed by atoms with E-state index < -0.39 is 0 Å². The molecule has 1 saturated heterocycles. The van der Waals surface area contributed by atoms with E-state index in [1.54, 1.807) is 21.3 Å². The van der Waals surface area contributed by atoms with Gasteiger partial charge in [0.25, 0.3) is 0 Å². The molecule has 2 aliphatic rings. The van der Waals surface area contributed by atoms with E-state index in [2.05, 4.69) is 25.4 Å². The van der Waals surface area contributed by atoms with Crippen LogP contribution in [0.5, 0.6) is 17.2 Å². The second kappa shape index (κ2) is 22.9. The zero-order chi connectivity index (χ0) is 35.4. The van der Waals surface area contributed by atoms with E-state index in [1.165, 1.54) is 24.8 Å². The Balaban J connectivity index is 0.00000101. The van der Waals surface area contributed by atoms with Crippen molar-refractivity contribution in [2.75, 3.05) is 38.0 Å². The zero-order valence-electron chi connectivity index (χ0n) is 30.9. The van der Waals surface area contributed by atoms with E-state index in [-0.39, 0.29) is 6.10 Å². The first-order chi connectivity index (χ1) is 23.2. The van der Waals surface area contributed by atoms with Crippen LogP contribution < -0.4 is 24.2 Å². The summed E-state index contributed by atoms with van der Waals surface area (Å²) in [4.78, 5) is 0.804. The number of anilines is 3. The van der Waals surface area contributed by atoms with Gasteiger partial charge in [0, 0.05) is 30.4 Å². The van der Waals surface area contributed by atoms with Crippen LogP contribution in [0.15, 0.2) is 39.8 Å². The molecule has 1 atom stereocenters. The molecule has 0 bridgehead atoms. The van der Waals surface area contributed by atoms with E-state index in [0.29, 0.717) is 34.6 Å². The fraction of sp³-hybridized carbons (Fsp3) is 0.556. The Morgan fingerprint density at radius 2 is 1.40 bits per heavy atom. The number of rotatable bonds is 10. The molecule has 1 aliphatic carbocycles. The van der Waals surface area contributed by atoms with E-state index in [4.69, 9.17) is 23.5 Å². The number of methoxy groups -OCH3 is 3. The number of nitrogens with one attached hydrogen (secondary N) is 3. The Morgan fingerprint density at radius 3 is 1.94 bits per heavy atom. The first-order valence-corrected chi connectivity index (χ1v) is 18.1. The van der Waals surface area contributed by atoms with Crippen molar-refractivity contribution in [1.82, 2.24) is 15.4 Å². The molecule has 1 aliphatic heterocycles. The van der Waals surface area contributed by atoms with Crippen LogP contribution in [0.3, 0.4) is 0 Å². The van der Waals surface area contributed by atoms with Gasteiger partial charge in [0.2, 0.25) is 0 Å². The molecule has 0 spiro atoms. The zero-order valence-corrected chi connectivity index (χ0v) is 31.7. The highest BCUT2D eigenvalue weighted by atomic mass is 32.2. The van der Waals surface area contributed by atoms with Crippen LogP contribution >= 0.6 is 11.9 Å². The molecule has 3 N–H and O–H groups in total. The number of nitrogens with zero attached hydrogens (tertiary/aromatic N) is 2. The Labute approximate surface area is 287 Å². The highest BCUT2D eigenvalue weighted by Gasteiger charge is 2.26. The van der Waals surface area contributed by atoms with Gasteiger partial charge in [-0.1, -0.05) is 74.4 Å². The largest absolute Gasteiger partial charge is 0.495 e. The standard InChI is InChI=1S/C26H29N5O5S.5C2H6/c1-32-21-11-16-20(12-18(21)27-24-13-17(28-29-24)14-6-7-14)36-30-26(16)31-37-25-22(33-2)9-15(10-23(25)34-3)19-5-4-8-35-19;5*1-2/h9-14,19H,4-8H2,1-3H3,(H,30,31)(H2,27,28,29);5*1-2H3. The van der Waals surface area contributed by atoms with Gasteiger partial charge in [0.1, 0.15) is 22.1 Å². The lowest BCUT2D eigenvalue weighted by Gasteiger charge is -2.17. The van der Waals surface area contributed by atoms with Gasteiger partial charge in [0.05, 0.1) is 38.5 Å². The Hall–Kier alpha value is -3.57. The van der Waals surface area contributed by atoms with Gasteiger partial charge >= 0.3 is 0 Å². The summed E-state index contributed by atoms with van der Waals surface area (Å²) >= 11 is 1.34. The molecule has 4 aromatic rings. The topological polar surface area (TPSA) is 116 Å². The maximum absolute atomic E-state index is 5.85. The second-order valence-electron chi connectivity index (χ2n) is 9.15. The lowest BCUT2D eigenvalue weighted by Crippen LogP contribution is -2.01. The van der Waals surface area contributed by atoms with Crippen molar-refractivity contribution in [1.29, 1.82) is 0 Å². The lowest BCUT2D eigenvalue weighted by molar-refractivity contribution is 0.111. The van der Waals surface area contributed by atoms with Gasteiger partial charge in [-0.15, -0.1) is 0 Å². The Bertz CT molecular complexity index is 1390. The van der Waals surface area contributed by atoms with Crippen molar-refractivity contribution in [2.45, 2.75) is 112 Å². The minimum atomic E-state index is 0.0614. The first kappa shape index (κ1) is 41.5. The minimum Gasteiger partial charge on any atom is -0.495 e. The lowest BCUT2D eigenvalue weighted by atomic mass is 10.1. The monoisotopic (exact) mass is 673 g/mol. The predicted octanol–water partition coefficient (Wildman–Crippen LogP) is 11.3. The van der Waals surface area contributed by atoms with Crippen LogP contribution in [0.25, 0.3) is 11.0 Å². The number of hydrogen-bond acceptors (Lipinski definition) is 10. The highest BCUT2D eigenvalue weighted by molar-refractivity contribution is 8.00. The van der Waals surface area contributed by atoms with Crippen LogP contribution in [-0.2, 0) is 4.74 Å². The van der Waals surface area contributed by atoms with E-state index in [9.17, 15) is 0 Å².